The van der Waals surface area contributed by atoms with E-state index in [2.05, 4.69) is 6.92 Å². The van der Waals surface area contributed by atoms with Crippen LogP contribution < -0.4 is 0 Å². The Bertz CT molecular complexity index is 515. The lowest BCUT2D eigenvalue weighted by Gasteiger charge is -2.09. The molecule has 0 N–H and O–H groups in total. The second-order valence-electron chi connectivity index (χ2n) is 4.69. The van der Waals surface area contributed by atoms with Gasteiger partial charge in [-0.2, -0.15) is 3.94 Å². The number of halogens is 2. The summed E-state index contributed by atoms with van der Waals surface area (Å²) in [5.74, 6) is -1.27. The molecule has 120 valence electrons. The quantitative estimate of drug-likeness (QED) is 0.305. The summed E-state index contributed by atoms with van der Waals surface area (Å²) in [5, 5.41) is 0. The maximum absolute atomic E-state index is 12.2. The van der Waals surface area contributed by atoms with Crippen molar-refractivity contribution in [1.29, 1.82) is 0 Å². The minimum absolute atomic E-state index is 0.132. The van der Waals surface area contributed by atoms with Gasteiger partial charge in [0.25, 0.3) is 5.91 Å². The van der Waals surface area contributed by atoms with Crippen molar-refractivity contribution in [3.8, 4) is 0 Å². The second-order valence-corrected chi connectivity index (χ2v) is 5.54. The Balaban J connectivity index is 2.78. The maximum atomic E-state index is 12.2. The molecule has 6 heteroatoms. The Morgan fingerprint density at radius 3 is 2.41 bits per heavy atom. The van der Waals surface area contributed by atoms with Crippen molar-refractivity contribution in [1.82, 2.24) is 3.94 Å². The number of benzene rings is 1. The molecule has 1 aromatic carbocycles. The first-order valence-electron chi connectivity index (χ1n) is 7.16. The van der Waals surface area contributed by atoms with Gasteiger partial charge in [-0.3, -0.25) is 4.79 Å². The number of amides is 1. The molecular formula is C16H19Cl2NO3. The summed E-state index contributed by atoms with van der Waals surface area (Å²) in [6.07, 6.45) is 5.09. The summed E-state index contributed by atoms with van der Waals surface area (Å²) in [4.78, 5) is 23.8. The second kappa shape index (κ2) is 10.2. The fourth-order valence-electron chi connectivity index (χ4n) is 1.82. The number of esters is 1. The topological polar surface area (TPSA) is 46.6 Å². The third kappa shape index (κ3) is 6.50. The maximum Gasteiger partial charge on any atom is 0.338 e. The molecule has 0 spiro atoms. The Labute approximate surface area is 140 Å². The summed E-state index contributed by atoms with van der Waals surface area (Å²) < 4.78 is 5.59. The van der Waals surface area contributed by atoms with Gasteiger partial charge in [-0.1, -0.05) is 56.5 Å². The minimum Gasteiger partial charge on any atom is -0.462 e. The number of ether oxygens (including phenoxy) is 1. The van der Waals surface area contributed by atoms with Crippen LogP contribution in [0.5, 0.6) is 0 Å². The SMILES string of the molecule is CCCCCCOC(=O)/C(=C\C(=O)N(Cl)Cl)c1ccccc1. The molecule has 4 nitrogen and oxygen atoms in total. The van der Waals surface area contributed by atoms with Crippen LogP contribution in [0.25, 0.3) is 5.57 Å². The summed E-state index contributed by atoms with van der Waals surface area (Å²) in [6, 6.07) is 8.77. The van der Waals surface area contributed by atoms with Gasteiger partial charge in [0.05, 0.1) is 12.2 Å². The first kappa shape index (κ1) is 18.5. The Kier molecular flexibility index (Phi) is 8.63. The third-order valence-electron chi connectivity index (χ3n) is 2.97. The molecule has 0 saturated heterocycles. The van der Waals surface area contributed by atoms with Gasteiger partial charge in [0.1, 0.15) is 0 Å². The van der Waals surface area contributed by atoms with E-state index in [4.69, 9.17) is 28.3 Å². The zero-order valence-corrected chi connectivity index (χ0v) is 13.9. The van der Waals surface area contributed by atoms with Crippen LogP contribution in [0, 0.1) is 0 Å². The highest BCUT2D eigenvalue weighted by atomic mass is 35.5. The highest BCUT2D eigenvalue weighted by Gasteiger charge is 2.17. The largest absolute Gasteiger partial charge is 0.462 e. The third-order valence-corrected chi connectivity index (χ3v) is 3.30. The lowest BCUT2D eigenvalue weighted by molar-refractivity contribution is -0.137. The van der Waals surface area contributed by atoms with E-state index in [1.807, 2.05) is 6.07 Å². The normalized spacial score (nSPS) is 11.1. The summed E-state index contributed by atoms with van der Waals surface area (Å²) in [6.45, 7) is 2.43. The van der Waals surface area contributed by atoms with Crippen molar-refractivity contribution < 1.29 is 14.3 Å². The Morgan fingerprint density at radius 1 is 1.14 bits per heavy atom. The van der Waals surface area contributed by atoms with Crippen LogP contribution in [0.3, 0.4) is 0 Å². The molecule has 0 aliphatic carbocycles. The predicted molar refractivity (Wildman–Crippen MR) is 88.1 cm³/mol. The van der Waals surface area contributed by atoms with Crippen LogP contribution in [0.4, 0.5) is 0 Å². The molecule has 0 unspecified atom stereocenters. The first-order valence-corrected chi connectivity index (χ1v) is 7.83. The molecule has 1 aromatic rings. The van der Waals surface area contributed by atoms with Crippen LogP contribution in [-0.2, 0) is 14.3 Å². The van der Waals surface area contributed by atoms with E-state index in [9.17, 15) is 9.59 Å². The molecule has 0 fully saturated rings. The van der Waals surface area contributed by atoms with Crippen LogP contribution >= 0.6 is 23.6 Å². The van der Waals surface area contributed by atoms with E-state index in [-0.39, 0.29) is 5.57 Å². The van der Waals surface area contributed by atoms with Crippen molar-refractivity contribution in [2.45, 2.75) is 32.6 Å². The van der Waals surface area contributed by atoms with Crippen LogP contribution in [0.15, 0.2) is 36.4 Å². The lowest BCUT2D eigenvalue weighted by atomic mass is 10.1. The van der Waals surface area contributed by atoms with Crippen LogP contribution in [0.2, 0.25) is 0 Å². The number of nitrogens with zero attached hydrogens (tertiary/aromatic N) is 1. The van der Waals surface area contributed by atoms with E-state index in [1.54, 1.807) is 24.3 Å². The summed E-state index contributed by atoms with van der Waals surface area (Å²) in [7, 11) is 0. The summed E-state index contributed by atoms with van der Waals surface area (Å²) in [5.41, 5.74) is 0.706. The average molecular weight is 344 g/mol. The van der Waals surface area contributed by atoms with Gasteiger partial charge < -0.3 is 4.74 Å². The molecule has 22 heavy (non-hydrogen) atoms. The standard InChI is InChI=1S/C16H19Cl2NO3/c1-2-3-4-8-11-22-16(21)14(12-15(20)19(17)18)13-9-6-5-7-10-13/h5-7,9-10,12H,2-4,8,11H2,1H3/b14-12-. The molecule has 1 amide bonds. The molecule has 0 radical (unpaired) electrons. The van der Waals surface area contributed by atoms with E-state index in [1.165, 1.54) is 0 Å². The highest BCUT2D eigenvalue weighted by Crippen LogP contribution is 2.17. The van der Waals surface area contributed by atoms with Crippen LogP contribution in [0.1, 0.15) is 38.2 Å². The van der Waals surface area contributed by atoms with Crippen molar-refractivity contribution in [3.05, 3.63) is 42.0 Å². The molecule has 0 saturated carbocycles. The Hall–Kier alpha value is -1.52. The highest BCUT2D eigenvalue weighted by molar-refractivity contribution is 6.43. The van der Waals surface area contributed by atoms with E-state index < -0.39 is 11.9 Å². The van der Waals surface area contributed by atoms with E-state index >= 15 is 0 Å². The van der Waals surface area contributed by atoms with Gasteiger partial charge >= 0.3 is 5.97 Å². The first-order chi connectivity index (χ1) is 10.6. The van der Waals surface area contributed by atoms with Crippen molar-refractivity contribution in [3.63, 3.8) is 0 Å². The van der Waals surface area contributed by atoms with Gasteiger partial charge in [-0.05, 0) is 12.0 Å². The molecule has 0 atom stereocenters. The fourth-order valence-corrected chi connectivity index (χ4v) is 1.92. The fraction of sp³-hybridized carbons (Fsp3) is 0.375. The molecule has 0 heterocycles. The van der Waals surface area contributed by atoms with Gasteiger partial charge in [0.2, 0.25) is 0 Å². The summed E-state index contributed by atoms with van der Waals surface area (Å²) >= 11 is 10.8. The molecule has 0 bridgehead atoms. The average Bonchev–Trinajstić information content (AvgIpc) is 2.52. The number of carbonyl (C=O) groups excluding carboxylic acids is 2. The Morgan fingerprint density at radius 2 is 1.82 bits per heavy atom. The molecule has 1 rings (SSSR count). The zero-order valence-electron chi connectivity index (χ0n) is 12.4. The van der Waals surface area contributed by atoms with Crippen molar-refractivity contribution >= 4 is 41.0 Å². The van der Waals surface area contributed by atoms with Gasteiger partial charge in [0, 0.05) is 29.6 Å². The minimum atomic E-state index is -0.704. The van der Waals surface area contributed by atoms with E-state index in [0.29, 0.717) is 16.1 Å². The molecule has 0 aliphatic rings. The van der Waals surface area contributed by atoms with Crippen molar-refractivity contribution in [2.75, 3.05) is 6.61 Å². The van der Waals surface area contributed by atoms with E-state index in [0.717, 1.165) is 31.8 Å². The zero-order chi connectivity index (χ0) is 16.4. The number of hydrogen-bond acceptors (Lipinski definition) is 3. The molecule has 0 aliphatic heterocycles. The molecular weight excluding hydrogens is 325 g/mol. The number of carbonyl (C=O) groups is 2. The van der Waals surface area contributed by atoms with Gasteiger partial charge in [0.15, 0.2) is 0 Å². The number of rotatable bonds is 8. The van der Waals surface area contributed by atoms with Crippen LogP contribution in [-0.4, -0.2) is 22.4 Å². The molecule has 0 aromatic heterocycles. The van der Waals surface area contributed by atoms with Gasteiger partial charge in [-0.25, -0.2) is 4.79 Å². The number of unbranched alkanes of at least 4 members (excludes halogenated alkanes) is 3. The van der Waals surface area contributed by atoms with Gasteiger partial charge in [-0.15, -0.1) is 0 Å². The number of hydrogen-bond donors (Lipinski definition) is 0. The predicted octanol–water partition coefficient (Wildman–Crippen LogP) is 4.33. The lowest BCUT2D eigenvalue weighted by Crippen LogP contribution is -2.13. The smallest absolute Gasteiger partial charge is 0.338 e. The monoisotopic (exact) mass is 343 g/mol. The van der Waals surface area contributed by atoms with Crippen molar-refractivity contribution in [2.24, 2.45) is 0 Å².